The van der Waals surface area contributed by atoms with Gasteiger partial charge in [-0.25, -0.2) is 4.79 Å². The number of amides is 1. The van der Waals surface area contributed by atoms with E-state index in [0.717, 1.165) is 5.39 Å². The third kappa shape index (κ3) is 4.80. The van der Waals surface area contributed by atoms with Crippen LogP contribution in [-0.4, -0.2) is 28.0 Å². The number of aromatic nitrogens is 1. The largest absolute Gasteiger partial charge is 0.480 e. The second-order valence-corrected chi connectivity index (χ2v) is 6.19. The number of nitriles is 1. The van der Waals surface area contributed by atoms with Crippen LogP contribution in [0.4, 0.5) is 5.69 Å². The number of carboxylic acid groups (broad SMARTS) is 1. The molecular weight excluding hydrogens is 332 g/mol. The Labute approximate surface area is 151 Å². The van der Waals surface area contributed by atoms with Crippen molar-refractivity contribution in [1.29, 1.82) is 5.26 Å². The predicted molar refractivity (Wildman–Crippen MR) is 98.1 cm³/mol. The number of hydrogen-bond acceptors (Lipinski definition) is 5. The van der Waals surface area contributed by atoms with Crippen LogP contribution in [0.25, 0.3) is 10.9 Å². The Balaban J connectivity index is 2.17. The smallest absolute Gasteiger partial charge is 0.326 e. The number of nitrogens with zero attached hydrogens (tertiary/aromatic N) is 2. The molecule has 0 fully saturated rings. The number of carbonyl (C=O) groups excluding carboxylic acids is 1. The van der Waals surface area contributed by atoms with Crippen molar-refractivity contribution in [2.24, 2.45) is 5.92 Å². The molecule has 7 nitrogen and oxygen atoms in total. The Kier molecular flexibility index (Phi) is 6.28. The molecule has 3 N–H and O–H groups in total. The normalized spacial score (nSPS) is 12.5. The van der Waals surface area contributed by atoms with Crippen LogP contribution in [0.2, 0.25) is 0 Å². The Bertz CT molecular complexity index is 878. The average Bonchev–Trinajstić information content (AvgIpc) is 2.61. The minimum absolute atomic E-state index is 0.0887. The van der Waals surface area contributed by atoms with Gasteiger partial charge in [-0.2, -0.15) is 5.26 Å². The summed E-state index contributed by atoms with van der Waals surface area (Å²) in [6.45, 7) is 3.72. The molecule has 0 aliphatic heterocycles. The van der Waals surface area contributed by atoms with E-state index in [4.69, 9.17) is 0 Å². The van der Waals surface area contributed by atoms with Crippen molar-refractivity contribution in [1.82, 2.24) is 10.3 Å². The van der Waals surface area contributed by atoms with E-state index in [1.165, 1.54) is 6.20 Å². The SMILES string of the molecule is CC(C)CC(NC(=O)/C(C#N)=C\Nc1cccc2cccnc12)C(=O)O. The van der Waals surface area contributed by atoms with Crippen molar-refractivity contribution in [2.45, 2.75) is 26.3 Å². The molecule has 2 rings (SSSR count). The lowest BCUT2D eigenvalue weighted by Gasteiger charge is -2.16. The van der Waals surface area contributed by atoms with E-state index in [0.29, 0.717) is 11.2 Å². The van der Waals surface area contributed by atoms with Crippen LogP contribution in [0.5, 0.6) is 0 Å². The van der Waals surface area contributed by atoms with Crippen LogP contribution < -0.4 is 10.6 Å². The molecule has 1 aromatic carbocycles. The standard InChI is InChI=1S/C19H20N4O3/c1-12(2)9-16(19(25)26)23-18(24)14(10-20)11-22-15-7-3-5-13-6-4-8-21-17(13)15/h3-8,11-12,16,22H,9H2,1-2H3,(H,23,24)(H,25,26)/b14-11-. The minimum atomic E-state index is -1.13. The quantitative estimate of drug-likeness (QED) is 0.521. The highest BCUT2D eigenvalue weighted by atomic mass is 16.4. The third-order valence-electron chi connectivity index (χ3n) is 3.68. The topological polar surface area (TPSA) is 115 Å². The molecule has 7 heteroatoms. The van der Waals surface area contributed by atoms with Gasteiger partial charge >= 0.3 is 5.97 Å². The van der Waals surface area contributed by atoms with Crippen LogP contribution in [0.3, 0.4) is 0 Å². The monoisotopic (exact) mass is 352 g/mol. The number of anilines is 1. The molecule has 0 radical (unpaired) electrons. The number of para-hydroxylation sites is 1. The van der Waals surface area contributed by atoms with Crippen LogP contribution in [0.15, 0.2) is 48.3 Å². The van der Waals surface area contributed by atoms with Gasteiger partial charge in [0.15, 0.2) is 0 Å². The molecule has 1 heterocycles. The summed E-state index contributed by atoms with van der Waals surface area (Å²) >= 11 is 0. The molecule has 0 spiro atoms. The van der Waals surface area contributed by atoms with Gasteiger partial charge in [0.2, 0.25) is 0 Å². The van der Waals surface area contributed by atoms with Crippen LogP contribution >= 0.6 is 0 Å². The molecule has 0 bridgehead atoms. The summed E-state index contributed by atoms with van der Waals surface area (Å²) in [7, 11) is 0. The van der Waals surface area contributed by atoms with E-state index in [9.17, 15) is 20.0 Å². The first-order chi connectivity index (χ1) is 12.4. The fourth-order valence-corrected chi connectivity index (χ4v) is 2.45. The number of hydrogen-bond donors (Lipinski definition) is 3. The van der Waals surface area contributed by atoms with Crippen molar-refractivity contribution >= 4 is 28.5 Å². The highest BCUT2D eigenvalue weighted by molar-refractivity contribution is 6.00. The Morgan fingerprint density at radius 2 is 2.04 bits per heavy atom. The number of fused-ring (bicyclic) bond motifs is 1. The lowest BCUT2D eigenvalue weighted by atomic mass is 10.0. The Morgan fingerprint density at radius 3 is 2.69 bits per heavy atom. The molecule has 0 aliphatic carbocycles. The number of carboxylic acids is 1. The molecule has 1 aromatic heterocycles. The van der Waals surface area contributed by atoms with Gasteiger partial charge in [-0.1, -0.05) is 32.0 Å². The Hall–Kier alpha value is -3.40. The van der Waals surface area contributed by atoms with Gasteiger partial charge < -0.3 is 15.7 Å². The van der Waals surface area contributed by atoms with Gasteiger partial charge in [-0.05, 0) is 24.5 Å². The fourth-order valence-electron chi connectivity index (χ4n) is 2.45. The number of carbonyl (C=O) groups is 2. The van der Waals surface area contributed by atoms with Gasteiger partial charge in [-0.15, -0.1) is 0 Å². The highest BCUT2D eigenvalue weighted by Gasteiger charge is 2.22. The molecule has 0 saturated heterocycles. The zero-order valence-electron chi connectivity index (χ0n) is 14.6. The molecular formula is C19H20N4O3. The van der Waals surface area contributed by atoms with Crippen LogP contribution in [0.1, 0.15) is 20.3 Å². The summed E-state index contributed by atoms with van der Waals surface area (Å²) in [4.78, 5) is 27.8. The minimum Gasteiger partial charge on any atom is -0.480 e. The van der Waals surface area contributed by atoms with Crippen molar-refractivity contribution < 1.29 is 14.7 Å². The van der Waals surface area contributed by atoms with E-state index < -0.39 is 17.9 Å². The number of aliphatic carboxylic acids is 1. The average molecular weight is 352 g/mol. The fraction of sp³-hybridized carbons (Fsp3) is 0.263. The van der Waals surface area contributed by atoms with Gasteiger partial charge in [-0.3, -0.25) is 9.78 Å². The summed E-state index contributed by atoms with van der Waals surface area (Å²) in [5.41, 5.74) is 1.13. The summed E-state index contributed by atoms with van der Waals surface area (Å²) in [5, 5.41) is 24.7. The third-order valence-corrected chi connectivity index (χ3v) is 3.68. The predicted octanol–water partition coefficient (Wildman–Crippen LogP) is 2.67. The second-order valence-electron chi connectivity index (χ2n) is 6.19. The summed E-state index contributed by atoms with van der Waals surface area (Å²) < 4.78 is 0. The highest BCUT2D eigenvalue weighted by Crippen LogP contribution is 2.20. The first-order valence-corrected chi connectivity index (χ1v) is 8.16. The molecule has 0 saturated carbocycles. The van der Waals surface area contributed by atoms with Gasteiger partial charge in [0.1, 0.15) is 17.7 Å². The van der Waals surface area contributed by atoms with Crippen molar-refractivity contribution in [2.75, 3.05) is 5.32 Å². The molecule has 0 aliphatic rings. The number of rotatable bonds is 7. The maximum absolute atomic E-state index is 12.2. The van der Waals surface area contributed by atoms with E-state index in [-0.39, 0.29) is 17.9 Å². The van der Waals surface area contributed by atoms with E-state index in [1.54, 1.807) is 18.3 Å². The van der Waals surface area contributed by atoms with Crippen molar-refractivity contribution in [3.05, 3.63) is 48.3 Å². The maximum atomic E-state index is 12.2. The van der Waals surface area contributed by atoms with Crippen LogP contribution in [0, 0.1) is 17.2 Å². The molecule has 134 valence electrons. The molecule has 1 atom stereocenters. The first kappa shape index (κ1) is 18.9. The number of nitrogens with one attached hydrogen (secondary N) is 2. The van der Waals surface area contributed by atoms with Gasteiger partial charge in [0, 0.05) is 17.8 Å². The number of pyridine rings is 1. The Morgan fingerprint density at radius 1 is 1.31 bits per heavy atom. The van der Waals surface area contributed by atoms with E-state index >= 15 is 0 Å². The summed E-state index contributed by atoms with van der Waals surface area (Å²) in [5.74, 6) is -1.78. The maximum Gasteiger partial charge on any atom is 0.326 e. The molecule has 1 amide bonds. The lowest BCUT2D eigenvalue weighted by molar-refractivity contribution is -0.141. The van der Waals surface area contributed by atoms with E-state index in [1.807, 2.05) is 38.1 Å². The second kappa shape index (κ2) is 8.62. The zero-order valence-corrected chi connectivity index (χ0v) is 14.6. The first-order valence-electron chi connectivity index (χ1n) is 8.16. The zero-order chi connectivity index (χ0) is 19.1. The van der Waals surface area contributed by atoms with Crippen molar-refractivity contribution in [3.8, 4) is 6.07 Å². The van der Waals surface area contributed by atoms with Crippen LogP contribution in [-0.2, 0) is 9.59 Å². The summed E-state index contributed by atoms with van der Waals surface area (Å²) in [6.07, 6.45) is 3.19. The molecule has 1 unspecified atom stereocenters. The van der Waals surface area contributed by atoms with Crippen molar-refractivity contribution in [3.63, 3.8) is 0 Å². The van der Waals surface area contributed by atoms with Gasteiger partial charge in [0.25, 0.3) is 5.91 Å². The van der Waals surface area contributed by atoms with Gasteiger partial charge in [0.05, 0.1) is 11.2 Å². The molecule has 2 aromatic rings. The summed E-state index contributed by atoms with van der Waals surface area (Å²) in [6, 6.07) is 9.97. The number of benzene rings is 1. The van der Waals surface area contributed by atoms with E-state index in [2.05, 4.69) is 15.6 Å². The molecule has 26 heavy (non-hydrogen) atoms. The lowest BCUT2D eigenvalue weighted by Crippen LogP contribution is -2.42.